The quantitative estimate of drug-likeness (QED) is 0.475. The summed E-state index contributed by atoms with van der Waals surface area (Å²) in [6.07, 6.45) is 7.12. The smallest absolute Gasteiger partial charge is 0.242 e. The highest BCUT2D eigenvalue weighted by molar-refractivity contribution is 6.70. The number of oxime groups is 1. The van der Waals surface area contributed by atoms with Crippen LogP contribution in [0.1, 0.15) is 56.1 Å². The van der Waals surface area contributed by atoms with Crippen molar-refractivity contribution in [1.82, 2.24) is 0 Å². The van der Waals surface area contributed by atoms with Gasteiger partial charge in [-0.3, -0.25) is 0 Å². The van der Waals surface area contributed by atoms with E-state index in [0.717, 1.165) is 36.2 Å². The molecule has 28 heavy (non-hydrogen) atoms. The molecule has 1 aromatic carbocycles. The highest BCUT2D eigenvalue weighted by Crippen LogP contribution is 2.61. The lowest BCUT2D eigenvalue weighted by Crippen LogP contribution is -2.42. The van der Waals surface area contributed by atoms with E-state index in [2.05, 4.69) is 43.9 Å². The molecule has 1 aromatic rings. The molecule has 2 saturated carbocycles. The second kappa shape index (κ2) is 7.08. The Bertz CT molecular complexity index is 785. The highest BCUT2D eigenvalue weighted by atomic mass is 28.4. The molecule has 0 amide bonds. The van der Waals surface area contributed by atoms with Gasteiger partial charge in [0.2, 0.25) is 8.32 Å². The van der Waals surface area contributed by atoms with E-state index in [-0.39, 0.29) is 5.41 Å². The molecule has 0 N–H and O–H groups in total. The van der Waals surface area contributed by atoms with E-state index in [0.29, 0.717) is 5.92 Å². The number of rotatable bonds is 4. The molecule has 0 spiro atoms. The molecule has 4 nitrogen and oxygen atoms in total. The van der Waals surface area contributed by atoms with Gasteiger partial charge in [0.05, 0.1) is 12.8 Å². The zero-order valence-corrected chi connectivity index (χ0v) is 19.3. The number of methoxy groups -OCH3 is 1. The summed E-state index contributed by atoms with van der Waals surface area (Å²) < 4.78 is 12.2. The van der Waals surface area contributed by atoms with Crippen molar-refractivity contribution < 1.29 is 14.0 Å². The van der Waals surface area contributed by atoms with Gasteiger partial charge in [0, 0.05) is 11.0 Å². The monoisotopic (exact) mass is 401 g/mol. The van der Waals surface area contributed by atoms with Crippen molar-refractivity contribution in [3.8, 4) is 11.5 Å². The van der Waals surface area contributed by atoms with Crippen LogP contribution >= 0.6 is 0 Å². The zero-order valence-electron chi connectivity index (χ0n) is 18.3. The van der Waals surface area contributed by atoms with Gasteiger partial charge in [-0.05, 0) is 87.5 Å². The van der Waals surface area contributed by atoms with Crippen molar-refractivity contribution >= 4 is 14.0 Å². The Balaban J connectivity index is 1.70. The van der Waals surface area contributed by atoms with Gasteiger partial charge in [-0.2, -0.15) is 0 Å². The van der Waals surface area contributed by atoms with Gasteiger partial charge in [-0.1, -0.05) is 18.1 Å². The van der Waals surface area contributed by atoms with Crippen molar-refractivity contribution in [3.63, 3.8) is 0 Å². The average molecular weight is 402 g/mol. The van der Waals surface area contributed by atoms with Crippen LogP contribution in [0.5, 0.6) is 11.5 Å². The van der Waals surface area contributed by atoms with E-state index in [1.165, 1.54) is 42.5 Å². The maximum absolute atomic E-state index is 6.54. The maximum Gasteiger partial charge on any atom is 0.242 e. The third kappa shape index (κ3) is 3.16. The van der Waals surface area contributed by atoms with E-state index in [4.69, 9.17) is 14.0 Å². The van der Waals surface area contributed by atoms with Gasteiger partial charge in [0.1, 0.15) is 12.9 Å². The first-order valence-electron chi connectivity index (χ1n) is 10.8. The summed E-state index contributed by atoms with van der Waals surface area (Å²) in [5.74, 6) is 4.02. The normalized spacial score (nSPS) is 33.1. The van der Waals surface area contributed by atoms with Crippen molar-refractivity contribution in [3.05, 3.63) is 23.3 Å². The molecule has 5 heteroatoms. The summed E-state index contributed by atoms with van der Waals surface area (Å²) in [5, 5.41) is 4.42. The molecule has 3 aliphatic rings. The third-order valence-electron chi connectivity index (χ3n) is 7.40. The molecule has 4 unspecified atom stereocenters. The Morgan fingerprint density at radius 3 is 2.54 bits per heavy atom. The lowest BCUT2D eigenvalue weighted by Gasteiger charge is -2.49. The van der Waals surface area contributed by atoms with Crippen LogP contribution in [0, 0.1) is 17.3 Å². The fourth-order valence-electron chi connectivity index (χ4n) is 6.24. The fraction of sp³-hybridized carbons (Fsp3) is 0.696. The third-order valence-corrected chi connectivity index (χ3v) is 8.21. The Morgan fingerprint density at radius 2 is 1.86 bits per heavy atom. The molecule has 2 fully saturated rings. The van der Waals surface area contributed by atoms with Crippen molar-refractivity contribution in [2.75, 3.05) is 14.2 Å². The SMILES string of the molecule is CO/N=C1\CCC2C3CCc4c(ccc(OC)c4O[Si](C)(C)C)C3CCC12C. The average Bonchev–Trinajstić information content (AvgIpc) is 2.97. The van der Waals surface area contributed by atoms with Crippen LogP contribution in [0.25, 0.3) is 0 Å². The van der Waals surface area contributed by atoms with Gasteiger partial charge >= 0.3 is 0 Å². The predicted molar refractivity (Wildman–Crippen MR) is 116 cm³/mol. The topological polar surface area (TPSA) is 40.0 Å². The Kier molecular flexibility index (Phi) is 5.01. The van der Waals surface area contributed by atoms with Crippen molar-refractivity contribution in [2.45, 2.75) is 71.0 Å². The Morgan fingerprint density at radius 1 is 1.07 bits per heavy atom. The number of hydrogen-bond acceptors (Lipinski definition) is 4. The minimum absolute atomic E-state index is 0.221. The first kappa shape index (κ1) is 19.8. The lowest BCUT2D eigenvalue weighted by molar-refractivity contribution is 0.0921. The van der Waals surface area contributed by atoms with Gasteiger partial charge in [-0.25, -0.2) is 0 Å². The van der Waals surface area contributed by atoms with Crippen LogP contribution in [0.2, 0.25) is 19.6 Å². The van der Waals surface area contributed by atoms with Gasteiger partial charge in [0.15, 0.2) is 5.75 Å². The predicted octanol–water partition coefficient (Wildman–Crippen LogP) is 5.77. The number of nitrogens with zero attached hydrogens (tertiary/aromatic N) is 1. The molecule has 154 valence electrons. The van der Waals surface area contributed by atoms with Crippen LogP contribution in [-0.2, 0) is 11.3 Å². The molecule has 0 saturated heterocycles. The first-order valence-corrected chi connectivity index (χ1v) is 14.2. The summed E-state index contributed by atoms with van der Waals surface area (Å²) >= 11 is 0. The first-order chi connectivity index (χ1) is 13.3. The van der Waals surface area contributed by atoms with E-state index in [1.54, 1.807) is 14.2 Å². The molecule has 0 heterocycles. The summed E-state index contributed by atoms with van der Waals surface area (Å²) in [5.41, 5.74) is 4.44. The molecule has 0 radical (unpaired) electrons. The Labute approximate surface area is 170 Å². The standard InChI is InChI=1S/C23H35NO3Si/c1-23-14-13-16-15-9-11-20(25-2)22(27-28(4,5)6)18(15)8-7-17(16)19(23)10-12-21(23)24-26-3/h9,11,16-17,19H,7-8,10,12-14H2,1-6H3/b24-21+. The molecular weight excluding hydrogens is 366 g/mol. The fourth-order valence-corrected chi connectivity index (χ4v) is 7.08. The van der Waals surface area contributed by atoms with Crippen LogP contribution in [0.4, 0.5) is 0 Å². The second-order valence-corrected chi connectivity index (χ2v) is 14.4. The summed E-state index contributed by atoms with van der Waals surface area (Å²) in [6.45, 7) is 9.18. The number of ether oxygens (including phenoxy) is 1. The molecular formula is C23H35NO3Si. The molecule has 4 atom stereocenters. The zero-order chi connectivity index (χ0) is 20.1. The van der Waals surface area contributed by atoms with Gasteiger partial charge < -0.3 is 14.0 Å². The minimum atomic E-state index is -1.71. The van der Waals surface area contributed by atoms with Gasteiger partial charge in [0.25, 0.3) is 0 Å². The minimum Gasteiger partial charge on any atom is -0.542 e. The Hall–Kier alpha value is -1.49. The number of benzene rings is 1. The van der Waals surface area contributed by atoms with Crippen molar-refractivity contribution in [2.24, 2.45) is 22.4 Å². The van der Waals surface area contributed by atoms with E-state index in [1.807, 2.05) is 0 Å². The largest absolute Gasteiger partial charge is 0.542 e. The number of fused-ring (bicyclic) bond motifs is 5. The lowest BCUT2D eigenvalue weighted by atomic mass is 9.55. The second-order valence-electron chi connectivity index (χ2n) is 10.0. The van der Waals surface area contributed by atoms with Crippen molar-refractivity contribution in [1.29, 1.82) is 0 Å². The molecule has 0 aromatic heterocycles. The van der Waals surface area contributed by atoms with E-state index < -0.39 is 8.32 Å². The van der Waals surface area contributed by atoms with Crippen LogP contribution < -0.4 is 9.16 Å². The van der Waals surface area contributed by atoms with Crippen LogP contribution in [-0.4, -0.2) is 28.2 Å². The highest BCUT2D eigenvalue weighted by Gasteiger charge is 2.54. The maximum atomic E-state index is 6.54. The summed E-state index contributed by atoms with van der Waals surface area (Å²) in [6, 6.07) is 4.46. The molecule has 4 rings (SSSR count). The van der Waals surface area contributed by atoms with Crippen LogP contribution in [0.15, 0.2) is 17.3 Å². The molecule has 0 aliphatic heterocycles. The summed E-state index contributed by atoms with van der Waals surface area (Å²) in [7, 11) is 1.73. The molecule has 0 bridgehead atoms. The molecule has 3 aliphatic carbocycles. The van der Waals surface area contributed by atoms with E-state index in [9.17, 15) is 0 Å². The van der Waals surface area contributed by atoms with E-state index >= 15 is 0 Å². The van der Waals surface area contributed by atoms with Gasteiger partial charge in [-0.15, -0.1) is 0 Å². The van der Waals surface area contributed by atoms with Crippen LogP contribution in [0.3, 0.4) is 0 Å². The number of hydrogen-bond donors (Lipinski definition) is 0. The summed E-state index contributed by atoms with van der Waals surface area (Å²) in [4.78, 5) is 5.18.